The molecule has 53 heavy (non-hydrogen) atoms. The lowest BCUT2D eigenvalue weighted by atomic mass is 9.86. The van der Waals surface area contributed by atoms with E-state index in [4.69, 9.17) is 14.8 Å². The molecule has 0 saturated carbocycles. The first kappa shape index (κ1) is 36.2. The molecule has 4 aromatic carbocycles. The fourth-order valence-electron chi connectivity index (χ4n) is 7.86. The summed E-state index contributed by atoms with van der Waals surface area (Å²) in [4.78, 5) is 4.88. The van der Waals surface area contributed by atoms with Crippen LogP contribution in [0.2, 0.25) is 0 Å². The van der Waals surface area contributed by atoms with Crippen molar-refractivity contribution in [3.05, 3.63) is 131 Å². The van der Waals surface area contributed by atoms with Gasteiger partial charge < -0.3 is 4.74 Å². The third-order valence-electron chi connectivity index (χ3n) is 10.7. The fourth-order valence-corrected chi connectivity index (χ4v) is 7.86. The lowest BCUT2D eigenvalue weighted by Gasteiger charge is -2.22. The number of para-hydroxylation sites is 1. The van der Waals surface area contributed by atoms with E-state index in [0.717, 1.165) is 78.3 Å². The molecule has 0 aliphatic carbocycles. The first-order chi connectivity index (χ1) is 25.7. The molecule has 0 fully saturated rings. The van der Waals surface area contributed by atoms with Gasteiger partial charge in [0.1, 0.15) is 17.3 Å². The third kappa shape index (κ3) is 6.90. The Kier molecular flexibility index (Phi) is 10.3. The van der Waals surface area contributed by atoms with Gasteiger partial charge >= 0.3 is 0 Å². The molecule has 0 atom stereocenters. The number of pyridine rings is 1. The number of benzene rings is 4. The molecule has 0 amide bonds. The maximum atomic E-state index is 6.87. The van der Waals surface area contributed by atoms with Crippen LogP contribution < -0.4 is 4.74 Å². The van der Waals surface area contributed by atoms with Crippen LogP contribution in [0.25, 0.3) is 44.4 Å². The minimum absolute atomic E-state index is 0.0981. The molecular weight excluding hydrogens is 649 g/mol. The second-order valence-corrected chi connectivity index (χ2v) is 15.3. The second kappa shape index (κ2) is 15.1. The summed E-state index contributed by atoms with van der Waals surface area (Å²) in [5.41, 5.74) is 13.5. The number of fused-ring (bicyclic) bond motifs is 3. The van der Waals surface area contributed by atoms with Crippen molar-refractivity contribution < 1.29 is 4.74 Å². The zero-order valence-corrected chi connectivity index (χ0v) is 32.9. The van der Waals surface area contributed by atoms with Crippen LogP contribution >= 0.6 is 0 Å². The van der Waals surface area contributed by atoms with Crippen LogP contribution in [0, 0.1) is 0 Å². The lowest BCUT2D eigenvalue weighted by Crippen LogP contribution is -2.13. The zero-order valence-electron chi connectivity index (χ0n) is 32.9. The quantitative estimate of drug-likeness (QED) is 0.127. The Hall–Kier alpha value is -5.16. The number of rotatable bonds is 12. The van der Waals surface area contributed by atoms with Gasteiger partial charge in [0, 0.05) is 34.7 Å². The highest BCUT2D eigenvalue weighted by atomic mass is 16.5. The van der Waals surface area contributed by atoms with Gasteiger partial charge in [0.15, 0.2) is 0 Å². The minimum Gasteiger partial charge on any atom is -0.457 e. The zero-order chi connectivity index (χ0) is 37.3. The van der Waals surface area contributed by atoms with Gasteiger partial charge in [-0.15, -0.1) is 0 Å². The fraction of sp³-hybridized carbons (Fsp3) is 0.333. The molecule has 0 spiro atoms. The average Bonchev–Trinajstić information content (AvgIpc) is 3.71. The Morgan fingerprint density at radius 3 is 2.11 bits per heavy atom. The monoisotopic (exact) mass is 702 g/mol. The van der Waals surface area contributed by atoms with E-state index in [9.17, 15) is 0 Å². The molecule has 0 unspecified atom stereocenters. The van der Waals surface area contributed by atoms with E-state index < -0.39 is 0 Å². The molecule has 0 bridgehead atoms. The predicted molar refractivity (Wildman–Crippen MR) is 222 cm³/mol. The Balaban J connectivity index is 1.37. The summed E-state index contributed by atoms with van der Waals surface area (Å²) < 4.78 is 11.3. The van der Waals surface area contributed by atoms with Gasteiger partial charge in [0.2, 0.25) is 0 Å². The summed E-state index contributed by atoms with van der Waals surface area (Å²) in [6, 6.07) is 32.9. The van der Waals surface area contributed by atoms with E-state index in [0.29, 0.717) is 0 Å². The molecular formula is C48H54N4O. The topological polar surface area (TPSA) is 44.9 Å². The van der Waals surface area contributed by atoms with Crippen molar-refractivity contribution in [2.24, 2.45) is 0 Å². The second-order valence-electron chi connectivity index (χ2n) is 15.3. The van der Waals surface area contributed by atoms with Crippen molar-refractivity contribution >= 4 is 21.8 Å². The van der Waals surface area contributed by atoms with Crippen molar-refractivity contribution in [1.29, 1.82) is 0 Å². The van der Waals surface area contributed by atoms with Crippen molar-refractivity contribution in [3.63, 3.8) is 0 Å². The lowest BCUT2D eigenvalue weighted by molar-refractivity contribution is 0.478. The van der Waals surface area contributed by atoms with Gasteiger partial charge in [0.25, 0.3) is 0 Å². The van der Waals surface area contributed by atoms with Crippen LogP contribution in [0.15, 0.2) is 97.2 Å². The number of unbranched alkanes of at least 4 members (excludes halogenated alkanes) is 1. The predicted octanol–water partition coefficient (Wildman–Crippen LogP) is 12.7. The van der Waals surface area contributed by atoms with Gasteiger partial charge in [-0.1, -0.05) is 98.2 Å². The summed E-state index contributed by atoms with van der Waals surface area (Å²) in [6.45, 7) is 18.0. The molecule has 0 N–H and O–H groups in total. The molecule has 0 radical (unpaired) electrons. The van der Waals surface area contributed by atoms with Crippen molar-refractivity contribution in [3.8, 4) is 34.1 Å². The molecule has 0 aliphatic rings. The van der Waals surface area contributed by atoms with Gasteiger partial charge in [-0.3, -0.25) is 4.57 Å². The van der Waals surface area contributed by atoms with Crippen molar-refractivity contribution in [2.45, 2.75) is 106 Å². The van der Waals surface area contributed by atoms with Gasteiger partial charge in [-0.2, -0.15) is 5.10 Å². The summed E-state index contributed by atoms with van der Waals surface area (Å²) in [5, 5.41) is 7.74. The van der Waals surface area contributed by atoms with Gasteiger partial charge in [0.05, 0.1) is 28.1 Å². The summed E-state index contributed by atoms with van der Waals surface area (Å²) in [5.74, 6) is 2.52. The molecule has 5 nitrogen and oxygen atoms in total. The molecule has 7 rings (SSSR count). The number of hydrogen-bond acceptors (Lipinski definition) is 3. The van der Waals surface area contributed by atoms with Crippen LogP contribution in [0.3, 0.4) is 0 Å². The molecule has 272 valence electrons. The smallest absolute Gasteiger partial charge is 0.137 e. The van der Waals surface area contributed by atoms with Crippen LogP contribution in [-0.2, 0) is 37.5 Å². The third-order valence-corrected chi connectivity index (χ3v) is 10.7. The Labute approximate surface area is 315 Å². The SMILES string of the molecule is CCCCc1ccnc(-n2c3ccccc3c3ccc(Oc4cc(-n5nc(CC)c(-c6c(CC)cccc6CC)c5CC)cc(C(C)(C)C)c4)cc32)c1. The maximum Gasteiger partial charge on any atom is 0.137 e. The molecule has 7 aromatic rings. The molecule has 3 aromatic heterocycles. The summed E-state index contributed by atoms with van der Waals surface area (Å²) in [6.07, 6.45) is 9.03. The van der Waals surface area contributed by atoms with Crippen molar-refractivity contribution in [2.75, 3.05) is 0 Å². The molecule has 0 aliphatic heterocycles. The van der Waals surface area contributed by atoms with Crippen LogP contribution in [0.5, 0.6) is 11.5 Å². The molecule has 0 saturated heterocycles. The Morgan fingerprint density at radius 1 is 0.660 bits per heavy atom. The maximum absolute atomic E-state index is 6.87. The highest BCUT2D eigenvalue weighted by Gasteiger charge is 2.24. The van der Waals surface area contributed by atoms with E-state index >= 15 is 0 Å². The first-order valence-corrected chi connectivity index (χ1v) is 19.7. The molecule has 3 heterocycles. The van der Waals surface area contributed by atoms with Crippen LogP contribution in [0.1, 0.15) is 102 Å². The van der Waals surface area contributed by atoms with E-state index in [2.05, 4.69) is 156 Å². The van der Waals surface area contributed by atoms with E-state index in [1.165, 1.54) is 56.3 Å². The van der Waals surface area contributed by atoms with E-state index in [1.54, 1.807) is 0 Å². The first-order valence-electron chi connectivity index (χ1n) is 19.7. The standard InChI is InChI=1S/C48H54N4O/c1-9-14-18-32-25-26-49-45(27-32)51-43-22-16-15-21-39(43)40-24-23-37(31-44(40)51)53-38-29-35(48(6,7)8)28-36(30-38)52-42(13-5)47(41(12-4)50-52)46-33(10-2)19-17-20-34(46)11-3/h15-17,19-31H,9-14,18H2,1-8H3. The van der Waals surface area contributed by atoms with Crippen molar-refractivity contribution in [1.82, 2.24) is 19.3 Å². The number of aromatic nitrogens is 4. The number of aryl methyl sites for hydroxylation is 4. The highest BCUT2D eigenvalue weighted by molar-refractivity contribution is 6.09. The molecule has 5 heteroatoms. The number of ether oxygens (including phenoxy) is 1. The van der Waals surface area contributed by atoms with E-state index in [1.807, 2.05) is 6.20 Å². The Morgan fingerprint density at radius 2 is 1.42 bits per heavy atom. The largest absolute Gasteiger partial charge is 0.457 e. The highest BCUT2D eigenvalue weighted by Crippen LogP contribution is 2.39. The summed E-state index contributed by atoms with van der Waals surface area (Å²) >= 11 is 0. The minimum atomic E-state index is -0.0981. The van der Waals surface area contributed by atoms with E-state index in [-0.39, 0.29) is 5.41 Å². The number of hydrogen-bond donors (Lipinski definition) is 0. The van der Waals surface area contributed by atoms with Crippen LogP contribution in [0.4, 0.5) is 0 Å². The van der Waals surface area contributed by atoms with Gasteiger partial charge in [-0.05, 0) is 114 Å². The Bertz CT molecular complexity index is 2380. The normalized spacial score (nSPS) is 11.9. The van der Waals surface area contributed by atoms with Gasteiger partial charge in [-0.25, -0.2) is 9.67 Å². The van der Waals surface area contributed by atoms with Crippen LogP contribution in [-0.4, -0.2) is 19.3 Å². The summed E-state index contributed by atoms with van der Waals surface area (Å²) in [7, 11) is 0. The average molecular weight is 703 g/mol. The number of nitrogens with zero attached hydrogens (tertiary/aromatic N) is 4.